The Balaban J connectivity index is -0.000000670. The van der Waals surface area contributed by atoms with Crippen LogP contribution in [0.3, 0.4) is 0 Å². The molecule has 254 valence electrons. The second-order valence-corrected chi connectivity index (χ2v) is 11.1. The normalized spacial score (nSPS) is 14.7. The first-order valence-electron chi connectivity index (χ1n) is 8.05. The minimum absolute atomic E-state index is 0. The van der Waals surface area contributed by atoms with Crippen LogP contribution in [-0.2, 0) is 25.2 Å². The molecule has 0 rings (SSSR count). The quantitative estimate of drug-likeness (QED) is 0.121. The maximum absolute atomic E-state index is 13.2. The van der Waals surface area contributed by atoms with Crippen LogP contribution in [0.4, 0.5) is 101 Å². The maximum atomic E-state index is 13.2. The third-order valence-electron chi connectivity index (χ3n) is 3.51. The standard InChI is InChI=1S/C10H4F20P2.C2HF3O2.CH3.Pd/c11-3(12,13)7(23,24)31(8(25,26)4(14,15)16)1-2-32(9(27,28)5(17,18)19)10(29,30)6(20,21)22;3-2(4,5)1(6)7;;/h1-2H2;(H,6,7);1H3;/q;;-1;. The van der Waals surface area contributed by atoms with Crippen LogP contribution in [0.25, 0.3) is 0 Å². The number of carboxylic acids is 1. The number of hydrogen-bond acceptors (Lipinski definition) is 1. The van der Waals surface area contributed by atoms with Gasteiger partial charge in [-0.3, -0.25) is 0 Å². The molecule has 0 aliphatic carbocycles. The van der Waals surface area contributed by atoms with Crippen LogP contribution in [0.2, 0.25) is 0 Å². The summed E-state index contributed by atoms with van der Waals surface area (Å²) in [7, 11) is -13.0. The van der Waals surface area contributed by atoms with Crippen molar-refractivity contribution in [2.24, 2.45) is 0 Å². The Kier molecular flexibility index (Phi) is 16.2. The van der Waals surface area contributed by atoms with Gasteiger partial charge in [-0.2, -0.15) is 101 Å². The van der Waals surface area contributed by atoms with Gasteiger partial charge in [-0.25, -0.2) is 4.79 Å². The number of alkyl halides is 23. The van der Waals surface area contributed by atoms with E-state index in [0.29, 0.717) is 0 Å². The van der Waals surface area contributed by atoms with Gasteiger partial charge >= 0.3 is 59.5 Å². The molecule has 0 aromatic carbocycles. The van der Waals surface area contributed by atoms with Gasteiger partial charge in [0.2, 0.25) is 0 Å². The minimum Gasteiger partial charge on any atom is -0.475 e. The van der Waals surface area contributed by atoms with E-state index in [9.17, 15) is 101 Å². The SMILES string of the molecule is FC(F)(F)C(F)(F)P(CCP(C(F)(F)C(F)(F)F)C(F)(F)C(F)(F)F)C(F)(F)C(F)(F)F.O=C(O)C(F)(F)F.[CH3-].[Pd]. The average Bonchev–Trinajstić information content (AvgIpc) is 2.60. The second-order valence-electron chi connectivity index (χ2n) is 6.26. The van der Waals surface area contributed by atoms with E-state index in [1.807, 2.05) is 0 Å². The van der Waals surface area contributed by atoms with Crippen LogP contribution >= 0.6 is 15.8 Å². The summed E-state index contributed by atoms with van der Waals surface area (Å²) < 4.78 is 285. The van der Waals surface area contributed by atoms with Crippen LogP contribution in [0.5, 0.6) is 0 Å². The van der Waals surface area contributed by atoms with Crippen molar-refractivity contribution < 1.29 is 131 Å². The van der Waals surface area contributed by atoms with Crippen LogP contribution in [0, 0.1) is 7.43 Å². The number of rotatable bonds is 7. The van der Waals surface area contributed by atoms with Crippen LogP contribution < -0.4 is 0 Å². The molecule has 0 atom stereocenters. The number of aliphatic carboxylic acids is 1. The predicted molar refractivity (Wildman–Crippen MR) is 87.7 cm³/mol. The molecule has 0 aliphatic rings. The summed E-state index contributed by atoms with van der Waals surface area (Å²) >= 11 is 0. The van der Waals surface area contributed by atoms with E-state index < -0.39 is 87.7 Å². The number of hydrogen-bond donors (Lipinski definition) is 1. The van der Waals surface area contributed by atoms with E-state index >= 15 is 0 Å². The van der Waals surface area contributed by atoms with Gasteiger partial charge in [0, 0.05) is 20.4 Å². The zero-order valence-electron chi connectivity index (χ0n) is 18.2. The van der Waals surface area contributed by atoms with E-state index in [4.69, 9.17) is 9.90 Å². The zero-order valence-corrected chi connectivity index (χ0v) is 21.5. The molecule has 0 bridgehead atoms. The molecule has 0 aliphatic heterocycles. The molecule has 1 N–H and O–H groups in total. The molecule has 0 heterocycles. The third kappa shape index (κ3) is 11.1. The van der Waals surface area contributed by atoms with Gasteiger partial charge in [0.1, 0.15) is 0 Å². The van der Waals surface area contributed by atoms with E-state index in [1.165, 1.54) is 0 Å². The van der Waals surface area contributed by atoms with Gasteiger partial charge in [0.15, 0.2) is 0 Å². The molecule has 41 heavy (non-hydrogen) atoms. The molecule has 2 nitrogen and oxygen atoms in total. The summed E-state index contributed by atoms with van der Waals surface area (Å²) in [4.78, 5) is 8.90. The summed E-state index contributed by atoms with van der Waals surface area (Å²) in [5.74, 6) is -2.76. The molecule has 0 fully saturated rings. The first kappa shape index (κ1) is 47.3. The minimum atomic E-state index is -7.34. The fraction of sp³-hybridized carbons (Fsp3) is 0.846. The Hall–Kier alpha value is -0.618. The summed E-state index contributed by atoms with van der Waals surface area (Å²) in [6, 6.07) is 0. The molecular weight excluding hydrogens is 793 g/mol. The van der Waals surface area contributed by atoms with E-state index in [2.05, 4.69) is 0 Å². The van der Waals surface area contributed by atoms with Gasteiger partial charge in [-0.05, 0) is 12.3 Å². The fourth-order valence-corrected chi connectivity index (χ4v) is 6.38. The van der Waals surface area contributed by atoms with Crippen molar-refractivity contribution in [2.75, 3.05) is 12.3 Å². The largest absolute Gasteiger partial charge is 0.490 e. The summed E-state index contributed by atoms with van der Waals surface area (Å²) in [6.07, 6.45) is -41.5. The van der Waals surface area contributed by atoms with Crippen molar-refractivity contribution in [3.8, 4) is 0 Å². The molecular formula is C13H8F23O2P2Pd-. The Bertz CT molecular complexity index is 716. The van der Waals surface area contributed by atoms with Crippen molar-refractivity contribution >= 4 is 21.8 Å². The van der Waals surface area contributed by atoms with Gasteiger partial charge in [0.25, 0.3) is 0 Å². The first-order chi connectivity index (χ1) is 16.4. The summed E-state index contributed by atoms with van der Waals surface area (Å²) in [6.45, 7) is 0. The molecule has 0 spiro atoms. The summed E-state index contributed by atoms with van der Waals surface area (Å²) in [5, 5.41) is 7.12. The second kappa shape index (κ2) is 14.0. The van der Waals surface area contributed by atoms with Gasteiger partial charge < -0.3 is 12.5 Å². The third-order valence-corrected chi connectivity index (χ3v) is 8.93. The molecule has 0 amide bonds. The monoisotopic (exact) mass is 801 g/mol. The molecule has 0 radical (unpaired) electrons. The smallest absolute Gasteiger partial charge is 0.475 e. The Morgan fingerprint density at radius 3 is 0.634 bits per heavy atom. The van der Waals surface area contributed by atoms with Crippen LogP contribution in [0.15, 0.2) is 0 Å². The van der Waals surface area contributed by atoms with Gasteiger partial charge in [-0.15, -0.1) is 0 Å². The fourth-order valence-electron chi connectivity index (χ4n) is 1.73. The van der Waals surface area contributed by atoms with Crippen molar-refractivity contribution in [1.29, 1.82) is 0 Å². The number of halogens is 23. The Labute approximate surface area is 227 Å². The van der Waals surface area contributed by atoms with Gasteiger partial charge in [-0.1, -0.05) is 0 Å². The number of carbonyl (C=O) groups is 1. The van der Waals surface area contributed by atoms with Crippen LogP contribution in [-0.4, -0.2) is 76.9 Å². The Morgan fingerprint density at radius 1 is 0.439 bits per heavy atom. The van der Waals surface area contributed by atoms with E-state index in [1.54, 1.807) is 0 Å². The van der Waals surface area contributed by atoms with Crippen LogP contribution in [0.1, 0.15) is 0 Å². The molecule has 0 unspecified atom stereocenters. The van der Waals surface area contributed by atoms with Crippen molar-refractivity contribution in [3.63, 3.8) is 0 Å². The van der Waals surface area contributed by atoms with E-state index in [0.717, 1.165) is 0 Å². The topological polar surface area (TPSA) is 37.3 Å². The zero-order chi connectivity index (χ0) is 32.6. The first-order valence-corrected chi connectivity index (χ1v) is 11.1. The molecule has 28 heteroatoms. The van der Waals surface area contributed by atoms with Crippen molar-refractivity contribution in [1.82, 2.24) is 0 Å². The predicted octanol–water partition coefficient (Wildman–Crippen LogP) is 9.65. The van der Waals surface area contributed by atoms with Crippen molar-refractivity contribution in [3.05, 3.63) is 7.43 Å². The molecule has 0 saturated carbocycles. The van der Waals surface area contributed by atoms with E-state index in [-0.39, 0.29) is 27.8 Å². The Morgan fingerprint density at radius 2 is 0.561 bits per heavy atom. The van der Waals surface area contributed by atoms with Gasteiger partial charge in [0.05, 0.1) is 15.8 Å². The van der Waals surface area contributed by atoms with Crippen molar-refractivity contribution in [2.45, 2.75) is 53.5 Å². The molecule has 0 aromatic rings. The molecule has 0 saturated heterocycles. The molecule has 0 aromatic heterocycles. The maximum Gasteiger partial charge on any atom is 0.490 e. The summed E-state index contributed by atoms with van der Waals surface area (Å²) in [5.41, 5.74) is -28.8. The number of carboxylic acid groups (broad SMARTS) is 1. The average molecular weight is 802 g/mol.